The van der Waals surface area contributed by atoms with Gasteiger partial charge in [-0.25, -0.2) is 0 Å². The lowest BCUT2D eigenvalue weighted by Gasteiger charge is -2.47. The molecule has 1 fully saturated rings. The van der Waals surface area contributed by atoms with Crippen LogP contribution in [-0.2, 0) is 9.59 Å². The third-order valence-corrected chi connectivity index (χ3v) is 4.87. The van der Waals surface area contributed by atoms with Crippen molar-refractivity contribution in [1.29, 1.82) is 0 Å². The van der Waals surface area contributed by atoms with E-state index in [4.69, 9.17) is 0 Å². The van der Waals surface area contributed by atoms with E-state index >= 15 is 0 Å². The summed E-state index contributed by atoms with van der Waals surface area (Å²) in [5.41, 5.74) is -1.22. The van der Waals surface area contributed by atoms with Crippen molar-refractivity contribution in [2.24, 2.45) is 11.8 Å². The molecule has 0 saturated heterocycles. The molecule has 3 atom stereocenters. The summed E-state index contributed by atoms with van der Waals surface area (Å²) in [4.78, 5) is 27.4. The number of nitrogens with one attached hydrogen (secondary N) is 2. The highest BCUT2D eigenvalue weighted by atomic mass is 16.2. The SMILES string of the molecule is C=C[C@@H]1CC[C@@H](CN(C)CC)[C@@](NC(C)=O)(C(=O)NC(C)(C)C)C1. The molecule has 0 aromatic carbocycles. The predicted octanol–water partition coefficient (Wildman–Crippen LogP) is 2.33. The van der Waals surface area contributed by atoms with Gasteiger partial charge < -0.3 is 15.5 Å². The number of nitrogens with zero attached hydrogens (tertiary/aromatic N) is 1. The first-order chi connectivity index (χ1) is 11.0. The lowest BCUT2D eigenvalue weighted by atomic mass is 9.67. The van der Waals surface area contributed by atoms with Crippen molar-refractivity contribution in [3.63, 3.8) is 0 Å². The van der Waals surface area contributed by atoms with Gasteiger partial charge in [-0.2, -0.15) is 0 Å². The van der Waals surface area contributed by atoms with Gasteiger partial charge in [-0.3, -0.25) is 9.59 Å². The highest BCUT2D eigenvalue weighted by Gasteiger charge is 2.50. The molecular formula is C19H35N3O2. The van der Waals surface area contributed by atoms with E-state index in [-0.39, 0.29) is 29.2 Å². The van der Waals surface area contributed by atoms with Crippen LogP contribution in [0.5, 0.6) is 0 Å². The van der Waals surface area contributed by atoms with E-state index in [9.17, 15) is 9.59 Å². The van der Waals surface area contributed by atoms with Crippen LogP contribution in [0.15, 0.2) is 12.7 Å². The number of allylic oxidation sites excluding steroid dienone is 1. The molecule has 0 spiro atoms. The van der Waals surface area contributed by atoms with Crippen LogP contribution >= 0.6 is 0 Å². The lowest BCUT2D eigenvalue weighted by Crippen LogP contribution is -2.68. The minimum absolute atomic E-state index is 0.0775. The van der Waals surface area contributed by atoms with Crippen molar-refractivity contribution in [2.75, 3.05) is 20.1 Å². The highest BCUT2D eigenvalue weighted by molar-refractivity contribution is 5.92. The van der Waals surface area contributed by atoms with Gasteiger partial charge in [0.25, 0.3) is 0 Å². The van der Waals surface area contributed by atoms with E-state index in [1.807, 2.05) is 26.8 Å². The number of hydrogen-bond acceptors (Lipinski definition) is 3. The van der Waals surface area contributed by atoms with Crippen molar-refractivity contribution >= 4 is 11.8 Å². The molecule has 24 heavy (non-hydrogen) atoms. The second-order valence-corrected chi connectivity index (χ2v) is 8.19. The molecule has 0 radical (unpaired) electrons. The largest absolute Gasteiger partial charge is 0.349 e. The minimum Gasteiger partial charge on any atom is -0.349 e. The average Bonchev–Trinajstić information content (AvgIpc) is 2.46. The summed E-state index contributed by atoms with van der Waals surface area (Å²) in [6.07, 6.45) is 4.44. The molecule has 5 nitrogen and oxygen atoms in total. The van der Waals surface area contributed by atoms with E-state index in [2.05, 4.69) is 36.1 Å². The first kappa shape index (κ1) is 20.7. The molecule has 1 rings (SSSR count). The summed E-state index contributed by atoms with van der Waals surface area (Å²) in [6, 6.07) is 0. The number of rotatable bonds is 6. The summed E-state index contributed by atoms with van der Waals surface area (Å²) in [5.74, 6) is 0.0924. The van der Waals surface area contributed by atoms with Crippen molar-refractivity contribution in [2.45, 2.75) is 65.0 Å². The quantitative estimate of drug-likeness (QED) is 0.731. The fourth-order valence-corrected chi connectivity index (χ4v) is 3.55. The average molecular weight is 338 g/mol. The summed E-state index contributed by atoms with van der Waals surface area (Å²) in [6.45, 7) is 15.1. The van der Waals surface area contributed by atoms with Crippen LogP contribution in [0, 0.1) is 11.8 Å². The van der Waals surface area contributed by atoms with Gasteiger partial charge in [-0.1, -0.05) is 13.0 Å². The maximum Gasteiger partial charge on any atom is 0.246 e. The molecule has 0 aromatic rings. The van der Waals surface area contributed by atoms with E-state index in [1.165, 1.54) is 6.92 Å². The Labute approximate surface area is 147 Å². The molecule has 0 heterocycles. The van der Waals surface area contributed by atoms with Gasteiger partial charge in [0.1, 0.15) is 5.54 Å². The summed E-state index contributed by atoms with van der Waals surface area (Å²) >= 11 is 0. The molecule has 1 aliphatic rings. The highest BCUT2D eigenvalue weighted by Crippen LogP contribution is 2.39. The van der Waals surface area contributed by atoms with Crippen LogP contribution in [0.1, 0.15) is 53.9 Å². The molecular weight excluding hydrogens is 302 g/mol. The molecule has 1 saturated carbocycles. The van der Waals surface area contributed by atoms with Gasteiger partial charge in [-0.05, 0) is 59.5 Å². The van der Waals surface area contributed by atoms with Crippen LogP contribution in [0.2, 0.25) is 0 Å². The predicted molar refractivity (Wildman–Crippen MR) is 98.6 cm³/mol. The monoisotopic (exact) mass is 337 g/mol. The van der Waals surface area contributed by atoms with Gasteiger partial charge in [0.2, 0.25) is 11.8 Å². The first-order valence-corrected chi connectivity index (χ1v) is 8.96. The second-order valence-electron chi connectivity index (χ2n) is 8.19. The Hall–Kier alpha value is -1.36. The number of carbonyl (C=O) groups is 2. The first-order valence-electron chi connectivity index (χ1n) is 8.96. The molecule has 0 aliphatic heterocycles. The van der Waals surface area contributed by atoms with Gasteiger partial charge in [-0.15, -0.1) is 6.58 Å². The van der Waals surface area contributed by atoms with Gasteiger partial charge in [0.05, 0.1) is 0 Å². The van der Waals surface area contributed by atoms with E-state index in [1.54, 1.807) is 0 Å². The zero-order chi connectivity index (χ0) is 18.5. The Balaban J connectivity index is 3.24. The fraction of sp³-hybridized carbons (Fsp3) is 0.789. The van der Waals surface area contributed by atoms with Crippen molar-refractivity contribution < 1.29 is 9.59 Å². The van der Waals surface area contributed by atoms with Crippen LogP contribution in [0.25, 0.3) is 0 Å². The number of hydrogen-bond donors (Lipinski definition) is 2. The zero-order valence-electron chi connectivity index (χ0n) is 16.2. The van der Waals surface area contributed by atoms with Crippen LogP contribution in [-0.4, -0.2) is 47.9 Å². The lowest BCUT2D eigenvalue weighted by molar-refractivity contribution is -0.139. The Morgan fingerprint density at radius 1 is 1.33 bits per heavy atom. The molecule has 2 N–H and O–H groups in total. The smallest absolute Gasteiger partial charge is 0.246 e. The van der Waals surface area contributed by atoms with E-state index in [0.29, 0.717) is 6.42 Å². The Morgan fingerprint density at radius 2 is 1.96 bits per heavy atom. The molecule has 1 aliphatic carbocycles. The molecule has 0 unspecified atom stereocenters. The maximum absolute atomic E-state index is 13.2. The molecule has 0 aromatic heterocycles. The molecule has 2 amide bonds. The summed E-state index contributed by atoms with van der Waals surface area (Å²) in [7, 11) is 2.06. The minimum atomic E-state index is -0.875. The van der Waals surface area contributed by atoms with Gasteiger partial charge in [0, 0.05) is 24.9 Å². The van der Waals surface area contributed by atoms with Crippen molar-refractivity contribution in [3.8, 4) is 0 Å². The third kappa shape index (κ3) is 5.33. The normalized spacial score (nSPS) is 27.6. The van der Waals surface area contributed by atoms with Gasteiger partial charge in [0.15, 0.2) is 0 Å². The maximum atomic E-state index is 13.2. The zero-order valence-corrected chi connectivity index (χ0v) is 16.2. The van der Waals surface area contributed by atoms with Crippen LogP contribution in [0.3, 0.4) is 0 Å². The van der Waals surface area contributed by atoms with Crippen molar-refractivity contribution in [1.82, 2.24) is 15.5 Å². The fourth-order valence-electron chi connectivity index (χ4n) is 3.55. The summed E-state index contributed by atoms with van der Waals surface area (Å²) in [5, 5.41) is 6.13. The molecule has 0 bridgehead atoms. The van der Waals surface area contributed by atoms with Crippen molar-refractivity contribution in [3.05, 3.63) is 12.7 Å². The van der Waals surface area contributed by atoms with Crippen LogP contribution < -0.4 is 10.6 Å². The molecule has 138 valence electrons. The summed E-state index contributed by atoms with van der Waals surface area (Å²) < 4.78 is 0. The van der Waals surface area contributed by atoms with Gasteiger partial charge >= 0.3 is 0 Å². The Kier molecular flexibility index (Phi) is 7.02. The Morgan fingerprint density at radius 3 is 2.42 bits per heavy atom. The topological polar surface area (TPSA) is 61.4 Å². The second kappa shape index (κ2) is 8.15. The number of amides is 2. The van der Waals surface area contributed by atoms with E-state index < -0.39 is 5.54 Å². The molecule has 5 heteroatoms. The third-order valence-electron chi connectivity index (χ3n) is 4.87. The van der Waals surface area contributed by atoms with E-state index in [0.717, 1.165) is 25.9 Å². The standard InChI is InChI=1S/C19H35N3O2/c1-8-15-10-11-16(13-22(7)9-2)19(12-15,20-14(3)23)17(24)21-18(4,5)6/h8,15-16H,1,9-13H2,2-7H3,(H,20,23)(H,21,24)/t15-,16+,19-/m1/s1. The number of carbonyl (C=O) groups excluding carboxylic acids is 2. The van der Waals surface area contributed by atoms with Crippen LogP contribution in [0.4, 0.5) is 0 Å². The Bertz CT molecular complexity index is 470.